The van der Waals surface area contributed by atoms with E-state index in [0.29, 0.717) is 19.1 Å². The Hall–Kier alpha value is 0.350. The van der Waals surface area contributed by atoms with Gasteiger partial charge >= 0.3 is 0 Å². The maximum Gasteiger partial charge on any atom is 0.224 e. The first-order valence-corrected chi connectivity index (χ1v) is 8.06. The molecule has 1 fully saturated rings. The van der Waals surface area contributed by atoms with Gasteiger partial charge in [-0.1, -0.05) is 29.8 Å². The molecule has 0 radical (unpaired) electrons. The van der Waals surface area contributed by atoms with Crippen molar-refractivity contribution in [3.05, 3.63) is 0 Å². The van der Waals surface area contributed by atoms with Gasteiger partial charge in [-0.25, -0.2) is 8.42 Å². The molecule has 0 bridgehead atoms. The van der Waals surface area contributed by atoms with Gasteiger partial charge in [0, 0.05) is 19.1 Å². The summed E-state index contributed by atoms with van der Waals surface area (Å²) in [4.78, 5) is 2.32. The molecule has 4 nitrogen and oxygen atoms in total. The molecule has 1 saturated heterocycles. The summed E-state index contributed by atoms with van der Waals surface area (Å²) in [7, 11) is -3.06. The van der Waals surface area contributed by atoms with Crippen LogP contribution in [0.4, 0.5) is 0 Å². The number of alkyl halides is 1. The topological polar surface area (TPSA) is 40.6 Å². The van der Waals surface area contributed by atoms with Gasteiger partial charge in [0.2, 0.25) is 10.0 Å². The minimum Gasteiger partial charge on any atom is -0.300 e. The zero-order valence-corrected chi connectivity index (χ0v) is 11.7. The van der Waals surface area contributed by atoms with Crippen LogP contribution in [-0.2, 0) is 10.0 Å². The summed E-state index contributed by atoms with van der Waals surface area (Å²) < 4.78 is 24.8. The number of halogens is 1. The fourth-order valence-electron chi connectivity index (χ4n) is 2.07. The minimum absolute atomic E-state index is 0.0327. The summed E-state index contributed by atoms with van der Waals surface area (Å²) in [5, 5.41) is 0. The fourth-order valence-corrected chi connectivity index (χ4v) is 3.86. The second-order valence-corrected chi connectivity index (χ2v) is 7.01. The molecule has 15 heavy (non-hydrogen) atoms. The summed E-state index contributed by atoms with van der Waals surface area (Å²) in [5.74, 6) is 0. The van der Waals surface area contributed by atoms with Gasteiger partial charge in [-0.2, -0.15) is 4.31 Å². The molecule has 1 rings (SSSR count). The van der Waals surface area contributed by atoms with Crippen LogP contribution in [0.5, 0.6) is 0 Å². The average Bonchev–Trinajstić information content (AvgIpc) is 2.70. The van der Waals surface area contributed by atoms with Gasteiger partial charge in [-0.05, 0) is 19.5 Å². The van der Waals surface area contributed by atoms with E-state index in [0.717, 1.165) is 19.5 Å². The van der Waals surface area contributed by atoms with Crippen LogP contribution in [-0.4, -0.2) is 54.5 Å². The number of likely N-dealkylation sites (N-methyl/N-ethyl adjacent to an activating group) is 1. The molecular weight excluding hydrogens is 280 g/mol. The van der Waals surface area contributed by atoms with Crippen LogP contribution < -0.4 is 0 Å². The van der Waals surface area contributed by atoms with Gasteiger partial charge in [0.15, 0.2) is 0 Å². The summed E-state index contributed by atoms with van der Waals surface area (Å²) in [5.41, 5.74) is 0. The first kappa shape index (κ1) is 13.4. The quantitative estimate of drug-likeness (QED) is 0.713. The molecule has 0 saturated carbocycles. The molecule has 0 aromatic carbocycles. The van der Waals surface area contributed by atoms with Crippen molar-refractivity contribution in [2.75, 3.05) is 30.8 Å². The zero-order valence-electron chi connectivity index (χ0n) is 9.32. The third-order valence-corrected chi connectivity index (χ3v) is 6.12. The van der Waals surface area contributed by atoms with E-state index in [1.165, 1.54) is 0 Å². The van der Waals surface area contributed by atoms with Gasteiger partial charge < -0.3 is 0 Å². The van der Waals surface area contributed by atoms with Gasteiger partial charge in [0.25, 0.3) is 0 Å². The maximum atomic E-state index is 11.6. The van der Waals surface area contributed by atoms with Crippen molar-refractivity contribution in [2.24, 2.45) is 0 Å². The van der Waals surface area contributed by atoms with E-state index in [4.69, 9.17) is 0 Å². The van der Waals surface area contributed by atoms with E-state index >= 15 is 0 Å². The third-order valence-electron chi connectivity index (χ3n) is 2.99. The standard InChI is InChI=1S/C9H19BrN2O2S/c1-3-11(4-2)9-5-6-12(7-9)15(13,14)8-10/h9H,3-8H2,1-2H3. The molecule has 1 unspecified atom stereocenters. The first-order chi connectivity index (χ1) is 7.05. The average molecular weight is 299 g/mol. The van der Waals surface area contributed by atoms with Crippen LogP contribution in [0.15, 0.2) is 0 Å². The summed E-state index contributed by atoms with van der Waals surface area (Å²) >= 11 is 3.03. The molecule has 0 amide bonds. The molecule has 1 aliphatic rings. The Labute approximate surface area is 101 Å². The van der Waals surface area contributed by atoms with Crippen LogP contribution in [0.1, 0.15) is 20.3 Å². The highest BCUT2D eigenvalue weighted by atomic mass is 79.9. The van der Waals surface area contributed by atoms with Crippen molar-refractivity contribution in [1.29, 1.82) is 0 Å². The van der Waals surface area contributed by atoms with E-state index in [-0.39, 0.29) is 4.66 Å². The van der Waals surface area contributed by atoms with Gasteiger partial charge in [0.1, 0.15) is 4.66 Å². The Morgan fingerprint density at radius 1 is 1.40 bits per heavy atom. The normalized spacial score (nSPS) is 23.9. The molecule has 0 aromatic heterocycles. The lowest BCUT2D eigenvalue weighted by molar-refractivity contribution is 0.225. The SMILES string of the molecule is CCN(CC)C1CCN(S(=O)(=O)CBr)C1. The molecule has 1 atom stereocenters. The summed E-state index contributed by atoms with van der Waals surface area (Å²) in [6.45, 7) is 7.52. The fraction of sp³-hybridized carbons (Fsp3) is 1.00. The predicted molar refractivity (Wildman–Crippen MR) is 65.6 cm³/mol. The van der Waals surface area contributed by atoms with E-state index in [1.54, 1.807) is 4.31 Å². The highest BCUT2D eigenvalue weighted by Crippen LogP contribution is 2.19. The predicted octanol–water partition coefficient (Wildman–Crippen LogP) is 1.08. The number of nitrogens with zero attached hydrogens (tertiary/aromatic N) is 2. The number of hydrogen-bond acceptors (Lipinski definition) is 3. The molecule has 0 spiro atoms. The van der Waals surface area contributed by atoms with Crippen molar-refractivity contribution in [3.63, 3.8) is 0 Å². The van der Waals surface area contributed by atoms with E-state index in [9.17, 15) is 8.42 Å². The van der Waals surface area contributed by atoms with E-state index in [1.807, 2.05) is 0 Å². The highest BCUT2D eigenvalue weighted by molar-refractivity contribution is 9.10. The Bertz CT molecular complexity index is 290. The Morgan fingerprint density at radius 3 is 2.47 bits per heavy atom. The molecule has 0 N–H and O–H groups in total. The molecule has 6 heteroatoms. The molecule has 1 aliphatic heterocycles. The highest BCUT2D eigenvalue weighted by Gasteiger charge is 2.32. The Kier molecular flexibility index (Phi) is 5.02. The number of hydrogen-bond donors (Lipinski definition) is 0. The summed E-state index contributed by atoms with van der Waals surface area (Å²) in [6, 6.07) is 0.397. The number of rotatable bonds is 5. The molecular formula is C9H19BrN2O2S. The number of sulfonamides is 1. The minimum atomic E-state index is -3.06. The van der Waals surface area contributed by atoms with Gasteiger partial charge in [-0.15, -0.1) is 0 Å². The monoisotopic (exact) mass is 298 g/mol. The Morgan fingerprint density at radius 2 is 2.00 bits per heavy atom. The first-order valence-electron chi connectivity index (χ1n) is 5.33. The van der Waals surface area contributed by atoms with Crippen molar-refractivity contribution in [1.82, 2.24) is 9.21 Å². The lowest BCUT2D eigenvalue weighted by Gasteiger charge is -2.25. The van der Waals surface area contributed by atoms with E-state index < -0.39 is 10.0 Å². The third kappa shape index (κ3) is 3.15. The second-order valence-electron chi connectivity index (χ2n) is 3.74. The van der Waals surface area contributed by atoms with Crippen LogP contribution in [0.3, 0.4) is 0 Å². The van der Waals surface area contributed by atoms with Crippen molar-refractivity contribution >= 4 is 26.0 Å². The zero-order chi connectivity index (χ0) is 11.5. The maximum absolute atomic E-state index is 11.6. The molecule has 0 aromatic rings. The van der Waals surface area contributed by atoms with Crippen LogP contribution >= 0.6 is 15.9 Å². The van der Waals surface area contributed by atoms with Crippen LogP contribution in [0, 0.1) is 0 Å². The van der Waals surface area contributed by atoms with Crippen molar-refractivity contribution in [2.45, 2.75) is 26.3 Å². The second kappa shape index (κ2) is 5.61. The van der Waals surface area contributed by atoms with Gasteiger partial charge in [0.05, 0.1) is 0 Å². The van der Waals surface area contributed by atoms with E-state index in [2.05, 4.69) is 34.7 Å². The molecule has 90 valence electrons. The van der Waals surface area contributed by atoms with Crippen LogP contribution in [0.2, 0.25) is 0 Å². The smallest absolute Gasteiger partial charge is 0.224 e. The summed E-state index contributed by atoms with van der Waals surface area (Å²) in [6.07, 6.45) is 0.952. The van der Waals surface area contributed by atoms with Crippen molar-refractivity contribution in [3.8, 4) is 0 Å². The largest absolute Gasteiger partial charge is 0.300 e. The Balaban J connectivity index is 2.59. The molecule has 0 aliphatic carbocycles. The molecule has 1 heterocycles. The lowest BCUT2D eigenvalue weighted by Crippen LogP contribution is -2.38. The van der Waals surface area contributed by atoms with Crippen LogP contribution in [0.25, 0.3) is 0 Å². The van der Waals surface area contributed by atoms with Crippen molar-refractivity contribution < 1.29 is 8.42 Å². The lowest BCUT2D eigenvalue weighted by atomic mass is 10.2. The van der Waals surface area contributed by atoms with Gasteiger partial charge in [-0.3, -0.25) is 4.90 Å².